The van der Waals surface area contributed by atoms with Crippen molar-refractivity contribution in [2.75, 3.05) is 50.2 Å². The van der Waals surface area contributed by atoms with Crippen LogP contribution < -0.4 is 15.0 Å². The van der Waals surface area contributed by atoms with Gasteiger partial charge >= 0.3 is 0 Å². The van der Waals surface area contributed by atoms with Gasteiger partial charge in [0.2, 0.25) is 5.88 Å². The van der Waals surface area contributed by atoms with Crippen molar-refractivity contribution in [2.45, 2.75) is 19.9 Å². The summed E-state index contributed by atoms with van der Waals surface area (Å²) < 4.78 is 10.7. The number of ether oxygens (including phenoxy) is 2. The molecule has 1 amide bonds. The zero-order valence-corrected chi connectivity index (χ0v) is 19.5. The van der Waals surface area contributed by atoms with Crippen LogP contribution in [-0.2, 0) is 17.7 Å². The molecule has 0 atom stereocenters. The molecular weight excluding hydrogens is 432 g/mol. The number of carbonyl (C=O) groups is 1. The molecule has 2 aromatic heterocycles. The molecule has 0 bridgehead atoms. The first-order valence-corrected chi connectivity index (χ1v) is 11.4. The molecule has 34 heavy (non-hydrogen) atoms. The summed E-state index contributed by atoms with van der Waals surface area (Å²) >= 11 is 0. The highest BCUT2D eigenvalue weighted by Gasteiger charge is 2.23. The Labute approximate surface area is 198 Å². The summed E-state index contributed by atoms with van der Waals surface area (Å²) in [4.78, 5) is 30.5. The molecule has 9 heteroatoms. The lowest BCUT2D eigenvalue weighted by Gasteiger charge is -2.31. The predicted octanol–water partition coefficient (Wildman–Crippen LogP) is 2.97. The first-order valence-electron chi connectivity index (χ1n) is 11.4. The number of aromatic nitrogens is 3. The van der Waals surface area contributed by atoms with Crippen molar-refractivity contribution in [3.63, 3.8) is 0 Å². The SMILES string of the molecule is COc1ncc(N2CCc3ncnc(Nc4cccc(C(=O)N5CCOCC5)c4)c3C2)cc1C. The lowest BCUT2D eigenvalue weighted by molar-refractivity contribution is 0.0303. The minimum atomic E-state index is 0.0187. The monoisotopic (exact) mass is 460 g/mol. The fourth-order valence-electron chi connectivity index (χ4n) is 4.42. The molecule has 1 aromatic carbocycles. The normalized spacial score (nSPS) is 15.6. The Kier molecular flexibility index (Phi) is 6.27. The van der Waals surface area contributed by atoms with E-state index in [0.717, 1.165) is 47.0 Å². The van der Waals surface area contributed by atoms with Crippen LogP contribution in [0.5, 0.6) is 5.88 Å². The molecule has 5 rings (SSSR count). The summed E-state index contributed by atoms with van der Waals surface area (Å²) in [5.74, 6) is 1.41. The van der Waals surface area contributed by atoms with Crippen molar-refractivity contribution in [2.24, 2.45) is 0 Å². The average molecular weight is 461 g/mol. The summed E-state index contributed by atoms with van der Waals surface area (Å²) in [7, 11) is 1.63. The molecule has 176 valence electrons. The van der Waals surface area contributed by atoms with Crippen LogP contribution in [0.3, 0.4) is 0 Å². The number of pyridine rings is 1. The van der Waals surface area contributed by atoms with Gasteiger partial charge in [-0.15, -0.1) is 0 Å². The van der Waals surface area contributed by atoms with Gasteiger partial charge in [-0.2, -0.15) is 0 Å². The molecule has 0 unspecified atom stereocenters. The lowest BCUT2D eigenvalue weighted by atomic mass is 10.0. The van der Waals surface area contributed by atoms with E-state index in [4.69, 9.17) is 9.47 Å². The molecule has 0 spiro atoms. The van der Waals surface area contributed by atoms with Gasteiger partial charge in [-0.1, -0.05) is 6.07 Å². The number of nitrogens with zero attached hydrogens (tertiary/aromatic N) is 5. The van der Waals surface area contributed by atoms with Crippen molar-refractivity contribution in [3.8, 4) is 5.88 Å². The molecule has 0 aliphatic carbocycles. The van der Waals surface area contributed by atoms with Crippen molar-refractivity contribution >= 4 is 23.1 Å². The number of hydrogen-bond acceptors (Lipinski definition) is 8. The van der Waals surface area contributed by atoms with Crippen molar-refractivity contribution in [1.82, 2.24) is 19.9 Å². The van der Waals surface area contributed by atoms with Gasteiger partial charge in [-0.05, 0) is 31.2 Å². The smallest absolute Gasteiger partial charge is 0.254 e. The Morgan fingerprint density at radius 1 is 1.12 bits per heavy atom. The summed E-state index contributed by atoms with van der Waals surface area (Å²) in [5, 5.41) is 3.42. The number of methoxy groups -OCH3 is 1. The Bertz CT molecular complexity index is 1200. The van der Waals surface area contributed by atoms with E-state index in [1.54, 1.807) is 13.4 Å². The largest absolute Gasteiger partial charge is 0.481 e. The summed E-state index contributed by atoms with van der Waals surface area (Å²) in [6, 6.07) is 9.65. The second-order valence-corrected chi connectivity index (χ2v) is 8.45. The van der Waals surface area contributed by atoms with Crippen molar-refractivity contribution < 1.29 is 14.3 Å². The standard InChI is InChI=1S/C25H28N6O3/c1-17-12-20(14-26-24(17)33-2)31-7-6-22-21(15-31)23(28-16-27-22)29-19-5-3-4-18(13-19)25(32)30-8-10-34-11-9-30/h3-5,12-14,16H,6-11,15H2,1-2H3,(H,27,28,29). The molecule has 0 radical (unpaired) electrons. The molecule has 1 N–H and O–H groups in total. The van der Waals surface area contributed by atoms with Crippen LogP contribution in [0.25, 0.3) is 0 Å². The topological polar surface area (TPSA) is 92.7 Å². The van der Waals surface area contributed by atoms with E-state index in [0.29, 0.717) is 44.3 Å². The second kappa shape index (κ2) is 9.64. The number of carbonyl (C=O) groups excluding carboxylic acids is 1. The third-order valence-corrected chi connectivity index (χ3v) is 6.25. The first kappa shape index (κ1) is 22.1. The van der Waals surface area contributed by atoms with E-state index in [2.05, 4.69) is 31.2 Å². The molecule has 0 saturated carbocycles. The van der Waals surface area contributed by atoms with Crippen molar-refractivity contribution in [1.29, 1.82) is 0 Å². The van der Waals surface area contributed by atoms with Gasteiger partial charge in [0.05, 0.1) is 37.9 Å². The minimum absolute atomic E-state index is 0.0187. The van der Waals surface area contributed by atoms with Gasteiger partial charge in [0.25, 0.3) is 5.91 Å². The molecular formula is C25H28N6O3. The van der Waals surface area contributed by atoms with Crippen LogP contribution in [0.2, 0.25) is 0 Å². The molecule has 1 fully saturated rings. The average Bonchev–Trinajstić information content (AvgIpc) is 2.89. The van der Waals surface area contributed by atoms with E-state index in [1.165, 1.54) is 0 Å². The van der Waals surface area contributed by atoms with Crippen LogP contribution in [0.4, 0.5) is 17.2 Å². The molecule has 1 saturated heterocycles. The number of morpholine rings is 1. The van der Waals surface area contributed by atoms with Gasteiger partial charge in [0.15, 0.2) is 0 Å². The molecule has 9 nitrogen and oxygen atoms in total. The van der Waals surface area contributed by atoms with Gasteiger partial charge in [0.1, 0.15) is 12.1 Å². The maximum atomic E-state index is 12.9. The highest BCUT2D eigenvalue weighted by atomic mass is 16.5. The van der Waals surface area contributed by atoms with Gasteiger partial charge in [-0.25, -0.2) is 15.0 Å². The number of benzene rings is 1. The zero-order chi connectivity index (χ0) is 23.5. The molecule has 4 heterocycles. The predicted molar refractivity (Wildman–Crippen MR) is 129 cm³/mol. The van der Waals surface area contributed by atoms with E-state index in [-0.39, 0.29) is 5.91 Å². The van der Waals surface area contributed by atoms with Crippen LogP contribution in [0.1, 0.15) is 27.2 Å². The van der Waals surface area contributed by atoms with Gasteiger partial charge < -0.3 is 24.6 Å². The third-order valence-electron chi connectivity index (χ3n) is 6.25. The van der Waals surface area contributed by atoms with E-state index in [1.807, 2.05) is 42.3 Å². The van der Waals surface area contributed by atoms with E-state index >= 15 is 0 Å². The first-order chi connectivity index (χ1) is 16.6. The Morgan fingerprint density at radius 3 is 2.76 bits per heavy atom. The third kappa shape index (κ3) is 4.51. The number of nitrogens with one attached hydrogen (secondary N) is 1. The highest BCUT2D eigenvalue weighted by Crippen LogP contribution is 2.30. The number of rotatable bonds is 5. The number of fused-ring (bicyclic) bond motifs is 1. The highest BCUT2D eigenvalue weighted by molar-refractivity contribution is 5.95. The van der Waals surface area contributed by atoms with Crippen LogP contribution in [0.15, 0.2) is 42.9 Å². The van der Waals surface area contributed by atoms with Crippen LogP contribution in [0, 0.1) is 6.92 Å². The Balaban J connectivity index is 1.37. The number of amides is 1. The van der Waals surface area contributed by atoms with Gasteiger partial charge in [-0.3, -0.25) is 4.79 Å². The van der Waals surface area contributed by atoms with Crippen LogP contribution >= 0.6 is 0 Å². The fraction of sp³-hybridized carbons (Fsp3) is 0.360. The number of anilines is 3. The zero-order valence-electron chi connectivity index (χ0n) is 19.5. The molecule has 2 aliphatic heterocycles. The molecule has 2 aliphatic rings. The minimum Gasteiger partial charge on any atom is -0.481 e. The van der Waals surface area contributed by atoms with Crippen molar-refractivity contribution in [3.05, 3.63) is 65.2 Å². The molecule has 3 aromatic rings. The Hall–Kier alpha value is -3.72. The lowest BCUT2D eigenvalue weighted by Crippen LogP contribution is -2.40. The number of hydrogen-bond donors (Lipinski definition) is 1. The van der Waals surface area contributed by atoms with Gasteiger partial charge in [0, 0.05) is 55.0 Å². The summed E-state index contributed by atoms with van der Waals surface area (Å²) in [6.45, 7) is 5.90. The number of aryl methyl sites for hydroxylation is 1. The quantitative estimate of drug-likeness (QED) is 0.621. The Morgan fingerprint density at radius 2 is 1.97 bits per heavy atom. The fourth-order valence-corrected chi connectivity index (χ4v) is 4.42. The summed E-state index contributed by atoms with van der Waals surface area (Å²) in [5.41, 5.74) is 5.59. The summed E-state index contributed by atoms with van der Waals surface area (Å²) in [6.07, 6.45) is 4.25. The van der Waals surface area contributed by atoms with E-state index in [9.17, 15) is 4.79 Å². The van der Waals surface area contributed by atoms with Crippen LogP contribution in [-0.4, -0.2) is 65.7 Å². The maximum absolute atomic E-state index is 12.9. The second-order valence-electron chi connectivity index (χ2n) is 8.45. The maximum Gasteiger partial charge on any atom is 0.254 e. The van der Waals surface area contributed by atoms with E-state index < -0.39 is 0 Å².